The van der Waals surface area contributed by atoms with Gasteiger partial charge in [-0.3, -0.25) is 10.1 Å². The Morgan fingerprint density at radius 3 is 2.65 bits per heavy atom. The fourth-order valence-electron chi connectivity index (χ4n) is 1.65. The summed E-state index contributed by atoms with van der Waals surface area (Å²) < 4.78 is 31.0. The lowest BCUT2D eigenvalue weighted by Gasteiger charge is -2.08. The fourth-order valence-corrected chi connectivity index (χ4v) is 2.83. The predicted octanol–water partition coefficient (Wildman–Crippen LogP) is 1.40. The number of nitro benzene ring substituents is 1. The maximum atomic E-state index is 12.0. The number of ether oxygens (including phenoxy) is 1. The SMILES string of the molecule is CCCCNC(=O)OCCNS(=O)(=O)c1ccccc1[N+](=O)[O-]. The lowest BCUT2D eigenvalue weighted by atomic mass is 10.3. The van der Waals surface area contributed by atoms with E-state index in [0.717, 1.165) is 25.0 Å². The summed E-state index contributed by atoms with van der Waals surface area (Å²) in [5, 5.41) is 13.4. The van der Waals surface area contributed by atoms with Crippen molar-refractivity contribution in [3.05, 3.63) is 34.4 Å². The van der Waals surface area contributed by atoms with Gasteiger partial charge in [0.15, 0.2) is 4.90 Å². The molecule has 0 bridgehead atoms. The largest absolute Gasteiger partial charge is 0.448 e. The molecular weight excluding hydrogens is 326 g/mol. The molecule has 0 fully saturated rings. The van der Waals surface area contributed by atoms with E-state index >= 15 is 0 Å². The first-order chi connectivity index (χ1) is 10.9. The molecule has 0 spiro atoms. The van der Waals surface area contributed by atoms with E-state index in [4.69, 9.17) is 4.74 Å². The van der Waals surface area contributed by atoms with Gasteiger partial charge in [0.05, 0.1) is 4.92 Å². The van der Waals surface area contributed by atoms with E-state index in [-0.39, 0.29) is 13.2 Å². The average molecular weight is 345 g/mol. The van der Waals surface area contributed by atoms with Crippen LogP contribution in [-0.2, 0) is 14.8 Å². The minimum absolute atomic E-state index is 0.183. The van der Waals surface area contributed by atoms with Crippen molar-refractivity contribution in [3.63, 3.8) is 0 Å². The highest BCUT2D eigenvalue weighted by Crippen LogP contribution is 2.22. The van der Waals surface area contributed by atoms with Gasteiger partial charge in [0, 0.05) is 19.2 Å². The molecule has 1 amide bonds. The number of rotatable bonds is 9. The molecule has 0 aromatic heterocycles. The van der Waals surface area contributed by atoms with Crippen molar-refractivity contribution < 1.29 is 22.9 Å². The number of carbonyl (C=O) groups excluding carboxylic acids is 1. The molecule has 1 aromatic rings. The van der Waals surface area contributed by atoms with Crippen LogP contribution in [0.5, 0.6) is 0 Å². The Morgan fingerprint density at radius 1 is 1.30 bits per heavy atom. The van der Waals surface area contributed by atoms with Crippen LogP contribution in [0.2, 0.25) is 0 Å². The minimum atomic E-state index is -4.06. The topological polar surface area (TPSA) is 128 Å². The van der Waals surface area contributed by atoms with Crippen LogP contribution in [0.25, 0.3) is 0 Å². The van der Waals surface area contributed by atoms with Crippen molar-refractivity contribution in [1.82, 2.24) is 10.0 Å². The molecule has 0 aliphatic carbocycles. The van der Waals surface area contributed by atoms with Gasteiger partial charge < -0.3 is 10.1 Å². The van der Waals surface area contributed by atoms with Crippen molar-refractivity contribution in [2.24, 2.45) is 0 Å². The van der Waals surface area contributed by atoms with E-state index in [2.05, 4.69) is 10.0 Å². The normalized spacial score (nSPS) is 11.0. The van der Waals surface area contributed by atoms with E-state index < -0.39 is 31.6 Å². The summed E-state index contributed by atoms with van der Waals surface area (Å²) in [5.41, 5.74) is -0.516. The van der Waals surface area contributed by atoms with Gasteiger partial charge in [-0.15, -0.1) is 0 Å². The molecule has 0 aliphatic heterocycles. The van der Waals surface area contributed by atoms with Crippen LogP contribution in [0.1, 0.15) is 19.8 Å². The molecule has 1 aromatic carbocycles. The Kier molecular flexibility index (Phi) is 7.42. The van der Waals surface area contributed by atoms with E-state index in [1.165, 1.54) is 12.1 Å². The number of nitrogens with one attached hydrogen (secondary N) is 2. The molecule has 23 heavy (non-hydrogen) atoms. The average Bonchev–Trinajstić information content (AvgIpc) is 2.52. The number of amides is 1. The Bertz CT molecular complexity index is 647. The molecule has 2 N–H and O–H groups in total. The Morgan fingerprint density at radius 2 is 2.00 bits per heavy atom. The second kappa shape index (κ2) is 9.06. The summed E-state index contributed by atoms with van der Waals surface area (Å²) >= 11 is 0. The number of sulfonamides is 1. The summed E-state index contributed by atoms with van der Waals surface area (Å²) in [4.78, 5) is 20.9. The van der Waals surface area contributed by atoms with Crippen molar-refractivity contribution in [1.29, 1.82) is 0 Å². The first-order valence-corrected chi connectivity index (χ1v) is 8.50. The zero-order chi connectivity index (χ0) is 17.3. The van der Waals surface area contributed by atoms with Crippen LogP contribution in [0, 0.1) is 10.1 Å². The van der Waals surface area contributed by atoms with Gasteiger partial charge in [-0.05, 0) is 12.5 Å². The van der Waals surface area contributed by atoms with Crippen LogP contribution in [-0.4, -0.2) is 39.1 Å². The van der Waals surface area contributed by atoms with Gasteiger partial charge >= 0.3 is 6.09 Å². The molecule has 128 valence electrons. The molecule has 0 aliphatic rings. The molecule has 9 nitrogen and oxygen atoms in total. The Hall–Kier alpha value is -2.20. The highest BCUT2D eigenvalue weighted by Gasteiger charge is 2.24. The molecule has 0 saturated heterocycles. The third-order valence-corrected chi connectivity index (χ3v) is 4.29. The second-order valence-corrected chi connectivity index (χ2v) is 6.27. The molecule has 0 heterocycles. The van der Waals surface area contributed by atoms with Crippen molar-refractivity contribution >= 4 is 21.8 Å². The van der Waals surface area contributed by atoms with Crippen LogP contribution in [0.3, 0.4) is 0 Å². The van der Waals surface area contributed by atoms with Crippen molar-refractivity contribution in [2.75, 3.05) is 19.7 Å². The number of alkyl carbamates (subject to hydrolysis) is 1. The van der Waals surface area contributed by atoms with Gasteiger partial charge in [-0.2, -0.15) is 0 Å². The lowest BCUT2D eigenvalue weighted by Crippen LogP contribution is -2.31. The number of benzene rings is 1. The molecule has 0 atom stereocenters. The zero-order valence-corrected chi connectivity index (χ0v) is 13.5. The highest BCUT2D eigenvalue weighted by molar-refractivity contribution is 7.89. The number of hydrogen-bond acceptors (Lipinski definition) is 6. The monoisotopic (exact) mass is 345 g/mol. The maximum Gasteiger partial charge on any atom is 0.407 e. The van der Waals surface area contributed by atoms with E-state index in [1.807, 2.05) is 6.92 Å². The first kappa shape index (κ1) is 18.8. The van der Waals surface area contributed by atoms with Gasteiger partial charge in [-0.1, -0.05) is 25.5 Å². The number of unbranched alkanes of at least 4 members (excludes halogenated alkanes) is 1. The zero-order valence-electron chi connectivity index (χ0n) is 12.6. The maximum absolute atomic E-state index is 12.0. The smallest absolute Gasteiger partial charge is 0.407 e. The van der Waals surface area contributed by atoms with Crippen LogP contribution >= 0.6 is 0 Å². The minimum Gasteiger partial charge on any atom is -0.448 e. The van der Waals surface area contributed by atoms with E-state index in [1.54, 1.807) is 0 Å². The number of para-hydroxylation sites is 1. The molecule has 0 radical (unpaired) electrons. The van der Waals surface area contributed by atoms with Crippen molar-refractivity contribution in [3.8, 4) is 0 Å². The molecule has 0 saturated carbocycles. The van der Waals surface area contributed by atoms with E-state index in [9.17, 15) is 23.3 Å². The van der Waals surface area contributed by atoms with E-state index in [0.29, 0.717) is 6.54 Å². The predicted molar refractivity (Wildman–Crippen MR) is 82.5 cm³/mol. The fraction of sp³-hybridized carbons (Fsp3) is 0.462. The molecule has 0 unspecified atom stereocenters. The van der Waals surface area contributed by atoms with Crippen LogP contribution in [0.15, 0.2) is 29.2 Å². The highest BCUT2D eigenvalue weighted by atomic mass is 32.2. The molecular formula is C13H19N3O6S. The van der Waals surface area contributed by atoms with Gasteiger partial charge in [-0.25, -0.2) is 17.9 Å². The van der Waals surface area contributed by atoms with Gasteiger partial charge in [0.2, 0.25) is 10.0 Å². The summed E-state index contributed by atoms with van der Waals surface area (Å²) in [6, 6.07) is 5.01. The molecule has 10 heteroatoms. The Labute approximate surface area is 134 Å². The summed E-state index contributed by atoms with van der Waals surface area (Å²) in [7, 11) is -4.06. The third-order valence-electron chi connectivity index (χ3n) is 2.78. The summed E-state index contributed by atoms with van der Waals surface area (Å²) in [6.07, 6.45) is 1.11. The van der Waals surface area contributed by atoms with Gasteiger partial charge in [0.1, 0.15) is 6.61 Å². The third kappa shape index (κ3) is 6.20. The van der Waals surface area contributed by atoms with Crippen molar-refractivity contribution in [2.45, 2.75) is 24.7 Å². The second-order valence-electron chi connectivity index (χ2n) is 4.54. The standard InChI is InChI=1S/C13H19N3O6S/c1-2-3-8-14-13(17)22-10-9-15-23(20,21)12-7-5-4-6-11(12)16(18)19/h4-7,15H,2-3,8-10H2,1H3,(H,14,17). The first-order valence-electron chi connectivity index (χ1n) is 7.02. The lowest BCUT2D eigenvalue weighted by molar-refractivity contribution is -0.387. The number of nitro groups is 1. The van der Waals surface area contributed by atoms with Crippen LogP contribution in [0.4, 0.5) is 10.5 Å². The summed E-state index contributed by atoms with van der Waals surface area (Å²) in [5.74, 6) is 0. The van der Waals surface area contributed by atoms with Gasteiger partial charge in [0.25, 0.3) is 5.69 Å². The number of hydrogen-bond donors (Lipinski definition) is 2. The molecule has 1 rings (SSSR count). The quantitative estimate of drug-likeness (QED) is 0.395. The number of carbonyl (C=O) groups is 1. The van der Waals surface area contributed by atoms with Crippen LogP contribution < -0.4 is 10.0 Å². The number of nitrogens with zero attached hydrogens (tertiary/aromatic N) is 1. The summed E-state index contributed by atoms with van der Waals surface area (Å²) in [6.45, 7) is 2.09. The Balaban J connectivity index is 2.51.